The Morgan fingerprint density at radius 1 is 1.04 bits per heavy atom. The van der Waals surface area contributed by atoms with Crippen LogP contribution in [0.25, 0.3) is 0 Å². The highest BCUT2D eigenvalue weighted by molar-refractivity contribution is 5.79. The Morgan fingerprint density at radius 2 is 1.50 bits per heavy atom. The van der Waals surface area contributed by atoms with Crippen molar-refractivity contribution in [1.29, 1.82) is 0 Å². The number of hydrogen-bond acceptors (Lipinski definition) is 9. The van der Waals surface area contributed by atoms with Gasteiger partial charge in [0.25, 0.3) is 0 Å². The second-order valence-electron chi connectivity index (χ2n) is 6.95. The zero-order valence-corrected chi connectivity index (χ0v) is 14.5. The summed E-state index contributed by atoms with van der Waals surface area (Å²) in [7, 11) is 0. The van der Waals surface area contributed by atoms with Crippen LogP contribution in [-0.2, 0) is 14.5 Å². The molecule has 1 saturated carbocycles. The number of hydrogen-bond donors (Lipinski definition) is 5. The van der Waals surface area contributed by atoms with Crippen molar-refractivity contribution < 1.29 is 35.3 Å². The first-order valence-corrected chi connectivity index (χ1v) is 8.09. The lowest BCUT2D eigenvalue weighted by Gasteiger charge is -2.25. The van der Waals surface area contributed by atoms with E-state index in [4.69, 9.17) is 30.5 Å². The molecule has 1 rings (SSSR count). The standard InChI is InChI=1S/C14H29N3O7/c1-8(2)5-11(9(3)4)15-14(18)10-6-12(23-16(19)20)13(7-10)24-17(21)22/h8-13,19-22H,5-7H2,1-4H3,(H,15,18)/t10?,11-,12-,13+/m1/s1. The Morgan fingerprint density at radius 3 is 1.83 bits per heavy atom. The van der Waals surface area contributed by atoms with Crippen molar-refractivity contribution in [1.82, 2.24) is 16.1 Å². The van der Waals surface area contributed by atoms with Gasteiger partial charge in [0.2, 0.25) is 5.91 Å². The van der Waals surface area contributed by atoms with Crippen LogP contribution >= 0.6 is 0 Å². The normalized spacial score (nSPS) is 25.9. The van der Waals surface area contributed by atoms with E-state index in [9.17, 15) is 4.79 Å². The van der Waals surface area contributed by atoms with Crippen LogP contribution in [0.15, 0.2) is 0 Å². The maximum absolute atomic E-state index is 12.5. The van der Waals surface area contributed by atoms with Gasteiger partial charge in [-0.1, -0.05) is 27.7 Å². The Labute approximate surface area is 141 Å². The molecule has 1 aliphatic rings. The molecule has 0 aromatic heterocycles. The van der Waals surface area contributed by atoms with Crippen LogP contribution in [-0.4, -0.2) is 55.8 Å². The molecule has 0 heterocycles. The van der Waals surface area contributed by atoms with E-state index in [0.29, 0.717) is 5.92 Å². The SMILES string of the molecule is CC(C)C[C@@H](NC(=O)C1C[C@H](ON(O)O)[C@H](ON(O)O)C1)C(C)C. The van der Waals surface area contributed by atoms with Crippen LogP contribution in [0.3, 0.4) is 0 Å². The van der Waals surface area contributed by atoms with Gasteiger partial charge in [-0.15, -0.1) is 0 Å². The highest BCUT2D eigenvalue weighted by Crippen LogP contribution is 2.31. The number of carbonyl (C=O) groups excluding carboxylic acids is 1. The molecule has 5 N–H and O–H groups in total. The third-order valence-corrected chi connectivity index (χ3v) is 4.14. The molecular formula is C14H29N3O7. The number of carbonyl (C=O) groups is 1. The number of nitrogens with zero attached hydrogens (tertiary/aromatic N) is 2. The molecule has 10 nitrogen and oxygen atoms in total. The van der Waals surface area contributed by atoms with Crippen molar-refractivity contribution in [3.63, 3.8) is 0 Å². The van der Waals surface area contributed by atoms with E-state index in [1.807, 2.05) is 13.8 Å². The van der Waals surface area contributed by atoms with E-state index in [0.717, 1.165) is 6.42 Å². The summed E-state index contributed by atoms with van der Waals surface area (Å²) in [5.74, 6) is 0.00272. The molecule has 4 atom stereocenters. The lowest BCUT2D eigenvalue weighted by Crippen LogP contribution is -2.42. The first kappa shape index (κ1) is 21.2. The second-order valence-corrected chi connectivity index (χ2v) is 6.95. The fraction of sp³-hybridized carbons (Fsp3) is 0.929. The van der Waals surface area contributed by atoms with Gasteiger partial charge in [-0.25, -0.2) is 9.68 Å². The van der Waals surface area contributed by atoms with Gasteiger partial charge in [-0.3, -0.25) is 25.6 Å². The molecule has 142 valence electrons. The maximum Gasteiger partial charge on any atom is 0.223 e. The predicted octanol–water partition coefficient (Wildman–Crippen LogP) is 1.34. The molecule has 0 aliphatic heterocycles. The minimum atomic E-state index is -0.917. The summed E-state index contributed by atoms with van der Waals surface area (Å²) < 4.78 is 0. The van der Waals surface area contributed by atoms with E-state index >= 15 is 0 Å². The fourth-order valence-electron chi connectivity index (χ4n) is 2.94. The summed E-state index contributed by atoms with van der Waals surface area (Å²) >= 11 is 0. The number of amides is 1. The molecule has 10 heteroatoms. The van der Waals surface area contributed by atoms with Crippen molar-refractivity contribution in [2.75, 3.05) is 0 Å². The predicted molar refractivity (Wildman–Crippen MR) is 79.5 cm³/mol. The van der Waals surface area contributed by atoms with Gasteiger partial charge < -0.3 is 5.32 Å². The summed E-state index contributed by atoms with van der Waals surface area (Å²) in [6.45, 7) is 8.23. The molecule has 0 aromatic carbocycles. The largest absolute Gasteiger partial charge is 0.353 e. The monoisotopic (exact) mass is 351 g/mol. The van der Waals surface area contributed by atoms with E-state index in [1.165, 1.54) is 0 Å². The molecule has 0 radical (unpaired) electrons. The average Bonchev–Trinajstić information content (AvgIpc) is 2.78. The van der Waals surface area contributed by atoms with E-state index in [2.05, 4.69) is 19.2 Å². The lowest BCUT2D eigenvalue weighted by atomic mass is 9.93. The van der Waals surface area contributed by atoms with Crippen LogP contribution in [0.1, 0.15) is 47.0 Å². The fourth-order valence-corrected chi connectivity index (χ4v) is 2.94. The van der Waals surface area contributed by atoms with Crippen LogP contribution in [0.5, 0.6) is 0 Å². The summed E-state index contributed by atoms with van der Waals surface area (Å²) in [5, 5.41) is 37.2. The molecule has 0 saturated heterocycles. The third-order valence-electron chi connectivity index (χ3n) is 4.14. The molecule has 1 fully saturated rings. The molecule has 1 aliphatic carbocycles. The first-order valence-electron chi connectivity index (χ1n) is 8.09. The van der Waals surface area contributed by atoms with Crippen molar-refractivity contribution >= 4 is 5.91 Å². The third kappa shape index (κ3) is 6.95. The van der Waals surface area contributed by atoms with Crippen LogP contribution in [0, 0.1) is 17.8 Å². The second kappa shape index (κ2) is 9.59. The van der Waals surface area contributed by atoms with Gasteiger partial charge >= 0.3 is 0 Å². The lowest BCUT2D eigenvalue weighted by molar-refractivity contribution is -0.535. The van der Waals surface area contributed by atoms with Gasteiger partial charge in [0, 0.05) is 12.0 Å². The van der Waals surface area contributed by atoms with Crippen molar-refractivity contribution in [2.24, 2.45) is 17.8 Å². The van der Waals surface area contributed by atoms with Crippen molar-refractivity contribution in [3.05, 3.63) is 0 Å². The van der Waals surface area contributed by atoms with Crippen LogP contribution in [0.2, 0.25) is 0 Å². The van der Waals surface area contributed by atoms with Crippen LogP contribution < -0.4 is 5.32 Å². The summed E-state index contributed by atoms with van der Waals surface area (Å²) in [5.41, 5.74) is 0. The van der Waals surface area contributed by atoms with Crippen molar-refractivity contribution in [2.45, 2.75) is 65.2 Å². The van der Waals surface area contributed by atoms with Gasteiger partial charge in [0.1, 0.15) is 12.2 Å². The molecule has 1 unspecified atom stereocenters. The van der Waals surface area contributed by atoms with Gasteiger partial charge in [-0.05, 0) is 31.1 Å². The Balaban J connectivity index is 2.69. The molecule has 1 amide bonds. The summed E-state index contributed by atoms with van der Waals surface area (Å²) in [6.07, 6.45) is -0.693. The van der Waals surface area contributed by atoms with E-state index in [1.54, 1.807) is 0 Å². The van der Waals surface area contributed by atoms with Gasteiger partial charge in [0.05, 0.1) is 10.8 Å². The minimum absolute atomic E-state index is 0.0243. The highest BCUT2D eigenvalue weighted by atomic mass is 17.1. The van der Waals surface area contributed by atoms with E-state index in [-0.39, 0.29) is 30.7 Å². The number of rotatable bonds is 9. The van der Waals surface area contributed by atoms with Gasteiger partial charge in [0.15, 0.2) is 0 Å². The molecule has 0 spiro atoms. The molecule has 0 aromatic rings. The first-order chi connectivity index (χ1) is 11.1. The van der Waals surface area contributed by atoms with Crippen molar-refractivity contribution in [3.8, 4) is 0 Å². The molecule has 24 heavy (non-hydrogen) atoms. The topological polar surface area (TPSA) is 135 Å². The summed E-state index contributed by atoms with van der Waals surface area (Å²) in [6, 6.07) is 0.0243. The van der Waals surface area contributed by atoms with Crippen LogP contribution in [0.4, 0.5) is 0 Å². The Kier molecular flexibility index (Phi) is 8.46. The van der Waals surface area contributed by atoms with Gasteiger partial charge in [-0.2, -0.15) is 0 Å². The Bertz CT molecular complexity index is 375. The summed E-state index contributed by atoms with van der Waals surface area (Å²) in [4.78, 5) is 21.9. The molecular weight excluding hydrogens is 322 g/mol. The average molecular weight is 351 g/mol. The quantitative estimate of drug-likeness (QED) is 0.390. The van der Waals surface area contributed by atoms with E-state index < -0.39 is 28.9 Å². The Hall–Kier alpha value is -0.850. The zero-order chi connectivity index (χ0) is 18.4. The smallest absolute Gasteiger partial charge is 0.223 e. The maximum atomic E-state index is 12.5. The minimum Gasteiger partial charge on any atom is -0.353 e. The zero-order valence-electron chi connectivity index (χ0n) is 14.5. The highest BCUT2D eigenvalue weighted by Gasteiger charge is 2.42. The number of nitrogens with one attached hydrogen (secondary N) is 1. The molecule has 0 bridgehead atoms.